The first kappa shape index (κ1) is 12.5. The Bertz CT molecular complexity index is 359. The van der Waals surface area contributed by atoms with E-state index in [0.717, 1.165) is 5.56 Å². The van der Waals surface area contributed by atoms with Crippen LogP contribution in [0.2, 0.25) is 10.0 Å². The van der Waals surface area contributed by atoms with Crippen molar-refractivity contribution < 1.29 is 4.79 Å². The highest BCUT2D eigenvalue weighted by Gasteiger charge is 2.10. The van der Waals surface area contributed by atoms with Crippen LogP contribution in [0.15, 0.2) is 18.2 Å². The molecule has 3 heteroatoms. The molecule has 0 aliphatic rings. The van der Waals surface area contributed by atoms with Crippen molar-refractivity contribution in [2.24, 2.45) is 5.92 Å². The number of Topliss-reactive ketones (excluding diaryl/α,β-unsaturated/α-hetero) is 1. The highest BCUT2D eigenvalue weighted by atomic mass is 35.5. The highest BCUT2D eigenvalue weighted by molar-refractivity contribution is 6.42. The zero-order valence-corrected chi connectivity index (χ0v) is 10.4. The first-order chi connectivity index (χ1) is 7.00. The Balaban J connectivity index is 2.73. The zero-order valence-electron chi connectivity index (χ0n) is 8.89. The third-order valence-electron chi connectivity index (χ3n) is 2.06. The first-order valence-electron chi connectivity index (χ1n) is 4.95. The monoisotopic (exact) mass is 244 g/mol. The van der Waals surface area contributed by atoms with Crippen molar-refractivity contribution >= 4 is 29.0 Å². The molecule has 0 bridgehead atoms. The van der Waals surface area contributed by atoms with Crippen LogP contribution in [0.25, 0.3) is 0 Å². The Morgan fingerprint density at radius 3 is 2.60 bits per heavy atom. The molecular formula is C12H14Cl2O. The molecule has 0 saturated heterocycles. The van der Waals surface area contributed by atoms with Gasteiger partial charge in [0, 0.05) is 12.8 Å². The fourth-order valence-electron chi connectivity index (χ4n) is 1.42. The summed E-state index contributed by atoms with van der Waals surface area (Å²) < 4.78 is 0. The Morgan fingerprint density at radius 2 is 2.00 bits per heavy atom. The van der Waals surface area contributed by atoms with Gasteiger partial charge in [0.15, 0.2) is 0 Å². The third-order valence-corrected chi connectivity index (χ3v) is 2.91. The maximum atomic E-state index is 11.6. The van der Waals surface area contributed by atoms with Gasteiger partial charge in [-0.3, -0.25) is 4.79 Å². The second-order valence-corrected chi connectivity index (χ2v) is 4.81. The lowest BCUT2D eigenvalue weighted by Gasteiger charge is -2.06. The minimum atomic E-state index is 0.203. The molecule has 0 atom stereocenters. The summed E-state index contributed by atoms with van der Waals surface area (Å²) in [5.41, 5.74) is 0.815. The molecule has 0 aliphatic heterocycles. The van der Waals surface area contributed by atoms with Crippen molar-refractivity contribution in [3.63, 3.8) is 0 Å². The normalized spacial score (nSPS) is 10.7. The van der Waals surface area contributed by atoms with E-state index in [1.54, 1.807) is 6.07 Å². The average molecular weight is 245 g/mol. The number of carbonyl (C=O) groups excluding carboxylic acids is 1. The maximum absolute atomic E-state index is 11.6. The lowest BCUT2D eigenvalue weighted by atomic mass is 10.0. The number of rotatable bonds is 4. The number of hydrogen-bond acceptors (Lipinski definition) is 1. The molecular weight excluding hydrogens is 231 g/mol. The van der Waals surface area contributed by atoms with E-state index in [1.807, 2.05) is 26.0 Å². The number of carbonyl (C=O) groups is 1. The Hall–Kier alpha value is -0.530. The van der Waals surface area contributed by atoms with Crippen LogP contribution in [0.1, 0.15) is 25.8 Å². The van der Waals surface area contributed by atoms with E-state index in [9.17, 15) is 4.79 Å². The number of halogens is 2. The van der Waals surface area contributed by atoms with Crippen LogP contribution in [0, 0.1) is 5.92 Å². The maximum Gasteiger partial charge on any atom is 0.137 e. The van der Waals surface area contributed by atoms with Gasteiger partial charge in [-0.05, 0) is 17.5 Å². The molecule has 0 heterocycles. The largest absolute Gasteiger partial charge is 0.299 e. The molecule has 1 rings (SSSR count). The first-order valence-corrected chi connectivity index (χ1v) is 5.71. The van der Waals surface area contributed by atoms with Gasteiger partial charge in [-0.2, -0.15) is 0 Å². The number of hydrogen-bond donors (Lipinski definition) is 0. The summed E-state index contributed by atoms with van der Waals surface area (Å²) in [5.74, 6) is 0.588. The van der Waals surface area contributed by atoms with Crippen LogP contribution in [0.3, 0.4) is 0 Å². The van der Waals surface area contributed by atoms with E-state index in [0.29, 0.717) is 28.8 Å². The van der Waals surface area contributed by atoms with Gasteiger partial charge in [0.25, 0.3) is 0 Å². The second-order valence-electron chi connectivity index (χ2n) is 4.03. The average Bonchev–Trinajstić information content (AvgIpc) is 2.11. The Morgan fingerprint density at radius 1 is 1.33 bits per heavy atom. The molecule has 0 spiro atoms. The summed E-state index contributed by atoms with van der Waals surface area (Å²) in [4.78, 5) is 11.6. The summed E-state index contributed by atoms with van der Waals surface area (Å²) >= 11 is 11.8. The van der Waals surface area contributed by atoms with Gasteiger partial charge in [0.05, 0.1) is 10.0 Å². The van der Waals surface area contributed by atoms with Crippen molar-refractivity contribution in [1.29, 1.82) is 0 Å². The molecule has 0 unspecified atom stereocenters. The molecule has 1 nitrogen and oxygen atoms in total. The fraction of sp³-hybridized carbons (Fsp3) is 0.417. The second kappa shape index (κ2) is 5.53. The Labute approximate surface area is 100 Å². The van der Waals surface area contributed by atoms with Crippen LogP contribution in [0.5, 0.6) is 0 Å². The summed E-state index contributed by atoms with van der Waals surface area (Å²) in [6.45, 7) is 4.05. The molecule has 0 amide bonds. The van der Waals surface area contributed by atoms with Gasteiger partial charge in [0.2, 0.25) is 0 Å². The van der Waals surface area contributed by atoms with Crippen LogP contribution in [-0.2, 0) is 11.2 Å². The highest BCUT2D eigenvalue weighted by Crippen LogP contribution is 2.26. The van der Waals surface area contributed by atoms with Crippen molar-refractivity contribution in [3.8, 4) is 0 Å². The summed E-state index contributed by atoms with van der Waals surface area (Å²) in [5, 5.41) is 1.00. The molecule has 0 N–H and O–H groups in total. The molecule has 0 aliphatic carbocycles. The van der Waals surface area contributed by atoms with Crippen LogP contribution in [0.4, 0.5) is 0 Å². The van der Waals surface area contributed by atoms with Crippen LogP contribution < -0.4 is 0 Å². The smallest absolute Gasteiger partial charge is 0.137 e. The molecule has 0 saturated carbocycles. The molecule has 1 aromatic rings. The molecule has 82 valence electrons. The summed E-state index contributed by atoms with van der Waals surface area (Å²) in [7, 11) is 0. The van der Waals surface area contributed by atoms with Crippen LogP contribution >= 0.6 is 23.2 Å². The van der Waals surface area contributed by atoms with Crippen molar-refractivity contribution in [2.45, 2.75) is 26.7 Å². The third kappa shape index (κ3) is 3.84. The van der Waals surface area contributed by atoms with E-state index in [4.69, 9.17) is 23.2 Å². The minimum absolute atomic E-state index is 0.203. The van der Waals surface area contributed by atoms with E-state index in [1.165, 1.54) is 0 Å². The van der Waals surface area contributed by atoms with Crippen molar-refractivity contribution in [1.82, 2.24) is 0 Å². The van der Waals surface area contributed by atoms with E-state index >= 15 is 0 Å². The number of benzene rings is 1. The van der Waals surface area contributed by atoms with E-state index in [-0.39, 0.29) is 5.78 Å². The van der Waals surface area contributed by atoms with E-state index in [2.05, 4.69) is 0 Å². The standard InChI is InChI=1S/C12H14Cl2O/c1-8(2)6-10(15)7-9-4-3-5-11(13)12(9)14/h3-5,8H,6-7H2,1-2H3. The molecule has 0 radical (unpaired) electrons. The van der Waals surface area contributed by atoms with Gasteiger partial charge >= 0.3 is 0 Å². The van der Waals surface area contributed by atoms with Gasteiger partial charge in [-0.25, -0.2) is 0 Å². The zero-order chi connectivity index (χ0) is 11.4. The lowest BCUT2D eigenvalue weighted by Crippen LogP contribution is -2.06. The summed E-state index contributed by atoms with van der Waals surface area (Å²) in [6, 6.07) is 5.37. The van der Waals surface area contributed by atoms with Gasteiger partial charge in [-0.1, -0.05) is 49.2 Å². The SMILES string of the molecule is CC(C)CC(=O)Cc1cccc(Cl)c1Cl. The fourth-order valence-corrected chi connectivity index (χ4v) is 1.81. The quantitative estimate of drug-likeness (QED) is 0.778. The summed E-state index contributed by atoms with van der Waals surface area (Å²) in [6.07, 6.45) is 0.959. The topological polar surface area (TPSA) is 17.1 Å². The van der Waals surface area contributed by atoms with Gasteiger partial charge in [0.1, 0.15) is 5.78 Å². The lowest BCUT2D eigenvalue weighted by molar-refractivity contribution is -0.119. The number of ketones is 1. The molecule has 1 aromatic carbocycles. The minimum Gasteiger partial charge on any atom is -0.299 e. The predicted octanol–water partition coefficient (Wildman–Crippen LogP) is 4.15. The van der Waals surface area contributed by atoms with E-state index < -0.39 is 0 Å². The molecule has 0 aromatic heterocycles. The molecule has 0 fully saturated rings. The van der Waals surface area contributed by atoms with Crippen molar-refractivity contribution in [2.75, 3.05) is 0 Å². The van der Waals surface area contributed by atoms with Gasteiger partial charge < -0.3 is 0 Å². The van der Waals surface area contributed by atoms with Gasteiger partial charge in [-0.15, -0.1) is 0 Å². The van der Waals surface area contributed by atoms with Crippen molar-refractivity contribution in [3.05, 3.63) is 33.8 Å². The van der Waals surface area contributed by atoms with Crippen LogP contribution in [-0.4, -0.2) is 5.78 Å². The predicted molar refractivity (Wildman–Crippen MR) is 64.6 cm³/mol. The molecule has 15 heavy (non-hydrogen) atoms. The Kier molecular flexibility index (Phi) is 4.62.